The third-order valence-corrected chi connectivity index (χ3v) is 2.91. The van der Waals surface area contributed by atoms with Crippen molar-refractivity contribution in [2.24, 2.45) is 0 Å². The molecule has 0 aliphatic rings. The Morgan fingerprint density at radius 1 is 1.12 bits per heavy atom. The van der Waals surface area contributed by atoms with Crippen LogP contribution in [0.2, 0.25) is 5.02 Å². The van der Waals surface area contributed by atoms with E-state index in [1.165, 1.54) is 12.3 Å². The summed E-state index contributed by atoms with van der Waals surface area (Å²) in [6.45, 7) is 0. The second kappa shape index (κ2) is 4.93. The summed E-state index contributed by atoms with van der Waals surface area (Å²) in [6.07, 6.45) is 1.36. The quantitative estimate of drug-likeness (QED) is 0.782. The zero-order valence-corrected chi connectivity index (χ0v) is 9.70. The van der Waals surface area contributed by atoms with Crippen LogP contribution in [0, 0.1) is 17.6 Å². The van der Waals surface area contributed by atoms with Crippen molar-refractivity contribution in [1.29, 1.82) is 0 Å². The van der Waals surface area contributed by atoms with Gasteiger partial charge >= 0.3 is 0 Å². The average molecular weight is 277 g/mol. The lowest BCUT2D eigenvalue weighted by Gasteiger charge is -2.02. The van der Waals surface area contributed by atoms with E-state index in [0.29, 0.717) is 16.1 Å². The summed E-state index contributed by atoms with van der Waals surface area (Å²) < 4.78 is 38.7. The number of aromatic nitrogens is 2. The summed E-state index contributed by atoms with van der Waals surface area (Å²) >= 11 is 6.40. The van der Waals surface area contributed by atoms with E-state index in [0.717, 1.165) is 11.8 Å². The highest BCUT2D eigenvalue weighted by atomic mass is 35.5. The van der Waals surface area contributed by atoms with Gasteiger partial charge in [0.15, 0.2) is 11.6 Å². The smallest absolute Gasteiger partial charge is 0.248 e. The van der Waals surface area contributed by atoms with Gasteiger partial charge in [0.1, 0.15) is 10.1 Å². The predicted octanol–water partition coefficient (Wildman–Crippen LogP) is 3.70. The van der Waals surface area contributed by atoms with Crippen molar-refractivity contribution in [3.63, 3.8) is 0 Å². The van der Waals surface area contributed by atoms with E-state index >= 15 is 0 Å². The molecule has 0 aliphatic heterocycles. The zero-order valence-electron chi connectivity index (χ0n) is 8.12. The number of nitrogens with zero attached hydrogens (tertiary/aromatic N) is 2. The SMILES string of the molecule is Fc1cc(F)c(Sc2ccc(Cl)cn2)nc1F. The van der Waals surface area contributed by atoms with Gasteiger partial charge in [-0.1, -0.05) is 11.6 Å². The van der Waals surface area contributed by atoms with Gasteiger partial charge in [-0.25, -0.2) is 18.7 Å². The Balaban J connectivity index is 2.30. The molecular formula is C10H4ClF3N2S. The van der Waals surface area contributed by atoms with Gasteiger partial charge < -0.3 is 0 Å². The number of halogens is 4. The van der Waals surface area contributed by atoms with Crippen LogP contribution < -0.4 is 0 Å². The fourth-order valence-electron chi connectivity index (χ4n) is 1.02. The first kappa shape index (κ1) is 12.2. The predicted molar refractivity (Wildman–Crippen MR) is 57.5 cm³/mol. The Morgan fingerprint density at radius 3 is 2.53 bits per heavy atom. The molecule has 0 amide bonds. The molecule has 0 N–H and O–H groups in total. The van der Waals surface area contributed by atoms with E-state index < -0.39 is 17.6 Å². The third-order valence-electron chi connectivity index (χ3n) is 1.76. The molecule has 0 radical (unpaired) electrons. The van der Waals surface area contributed by atoms with Gasteiger partial charge in [0.2, 0.25) is 5.95 Å². The topological polar surface area (TPSA) is 25.8 Å². The van der Waals surface area contributed by atoms with Crippen LogP contribution in [0.4, 0.5) is 13.2 Å². The number of hydrogen-bond donors (Lipinski definition) is 0. The first-order valence-corrected chi connectivity index (χ1v) is 5.56. The molecule has 0 spiro atoms. The van der Waals surface area contributed by atoms with Gasteiger partial charge in [-0.2, -0.15) is 4.39 Å². The van der Waals surface area contributed by atoms with Crippen molar-refractivity contribution in [3.8, 4) is 0 Å². The number of rotatable bonds is 2. The van der Waals surface area contributed by atoms with Crippen LogP contribution in [0.1, 0.15) is 0 Å². The van der Waals surface area contributed by atoms with Gasteiger partial charge in [-0.3, -0.25) is 0 Å². The standard InChI is InChI=1S/C10H4ClF3N2S/c11-5-1-2-8(15-4-5)17-10-7(13)3-6(12)9(14)16-10/h1-4H. The maximum Gasteiger partial charge on any atom is 0.250 e. The summed E-state index contributed by atoms with van der Waals surface area (Å²) in [6, 6.07) is 3.52. The third kappa shape index (κ3) is 2.89. The van der Waals surface area contributed by atoms with Crippen molar-refractivity contribution >= 4 is 23.4 Å². The minimum Gasteiger partial charge on any atom is -0.248 e. The Kier molecular flexibility index (Phi) is 3.54. The van der Waals surface area contributed by atoms with Crippen LogP contribution in [0.5, 0.6) is 0 Å². The highest BCUT2D eigenvalue weighted by Gasteiger charge is 2.13. The summed E-state index contributed by atoms with van der Waals surface area (Å²) in [5.74, 6) is -3.61. The van der Waals surface area contributed by atoms with Crippen LogP contribution >= 0.6 is 23.4 Å². The normalized spacial score (nSPS) is 10.6. The molecule has 2 aromatic heterocycles. The highest BCUT2D eigenvalue weighted by Crippen LogP contribution is 2.27. The van der Waals surface area contributed by atoms with E-state index in [1.54, 1.807) is 6.07 Å². The molecule has 2 heterocycles. The van der Waals surface area contributed by atoms with Crippen LogP contribution in [-0.4, -0.2) is 9.97 Å². The maximum atomic E-state index is 13.3. The van der Waals surface area contributed by atoms with Gasteiger partial charge in [-0.05, 0) is 23.9 Å². The fraction of sp³-hybridized carbons (Fsp3) is 0. The van der Waals surface area contributed by atoms with Crippen molar-refractivity contribution < 1.29 is 13.2 Å². The lowest BCUT2D eigenvalue weighted by molar-refractivity contribution is 0.448. The fourth-order valence-corrected chi connectivity index (χ4v) is 1.86. The molecule has 2 aromatic rings. The van der Waals surface area contributed by atoms with Gasteiger partial charge in [0.05, 0.1) is 5.02 Å². The molecule has 88 valence electrons. The lowest BCUT2D eigenvalue weighted by Crippen LogP contribution is -1.95. The second-order valence-electron chi connectivity index (χ2n) is 2.96. The second-order valence-corrected chi connectivity index (χ2v) is 4.41. The maximum absolute atomic E-state index is 13.3. The van der Waals surface area contributed by atoms with Crippen molar-refractivity contribution in [1.82, 2.24) is 9.97 Å². The largest absolute Gasteiger partial charge is 0.250 e. The Labute approximate surface area is 104 Å². The van der Waals surface area contributed by atoms with Crippen LogP contribution in [0.3, 0.4) is 0 Å². The van der Waals surface area contributed by atoms with Crippen LogP contribution in [0.25, 0.3) is 0 Å². The molecule has 0 saturated heterocycles. The zero-order chi connectivity index (χ0) is 12.4. The minimum absolute atomic E-state index is 0.279. The molecule has 2 nitrogen and oxygen atoms in total. The summed E-state index contributed by atoms with van der Waals surface area (Å²) in [5, 5.41) is 0.526. The van der Waals surface area contributed by atoms with E-state index in [9.17, 15) is 13.2 Å². The molecule has 0 saturated carbocycles. The molecule has 0 aliphatic carbocycles. The first-order valence-electron chi connectivity index (χ1n) is 4.37. The molecule has 7 heteroatoms. The highest BCUT2D eigenvalue weighted by molar-refractivity contribution is 7.99. The molecule has 0 fully saturated rings. The van der Waals surface area contributed by atoms with Crippen molar-refractivity contribution in [2.45, 2.75) is 10.1 Å². The summed E-state index contributed by atoms with van der Waals surface area (Å²) in [5.41, 5.74) is 0. The van der Waals surface area contributed by atoms with E-state index in [2.05, 4.69) is 9.97 Å². The summed E-state index contributed by atoms with van der Waals surface area (Å²) in [4.78, 5) is 7.04. The molecule has 0 atom stereocenters. The Morgan fingerprint density at radius 2 is 1.88 bits per heavy atom. The number of hydrogen-bond acceptors (Lipinski definition) is 3. The molecule has 0 unspecified atom stereocenters. The molecule has 2 rings (SSSR count). The van der Waals surface area contributed by atoms with Gasteiger partial charge in [0, 0.05) is 12.3 Å². The molecular weight excluding hydrogens is 273 g/mol. The molecule has 17 heavy (non-hydrogen) atoms. The Bertz CT molecular complexity index is 548. The van der Waals surface area contributed by atoms with Crippen molar-refractivity contribution in [2.75, 3.05) is 0 Å². The molecule has 0 bridgehead atoms. The van der Waals surface area contributed by atoms with Crippen LogP contribution in [0.15, 0.2) is 34.4 Å². The first-order chi connectivity index (χ1) is 8.06. The Hall–Kier alpha value is -1.27. The van der Waals surface area contributed by atoms with Gasteiger partial charge in [-0.15, -0.1) is 0 Å². The number of pyridine rings is 2. The average Bonchev–Trinajstić information content (AvgIpc) is 2.29. The van der Waals surface area contributed by atoms with Crippen molar-refractivity contribution in [3.05, 3.63) is 47.0 Å². The summed E-state index contributed by atoms with van der Waals surface area (Å²) in [7, 11) is 0. The monoisotopic (exact) mass is 276 g/mol. The minimum atomic E-state index is -1.34. The lowest BCUT2D eigenvalue weighted by atomic mass is 10.4. The van der Waals surface area contributed by atoms with Gasteiger partial charge in [0.25, 0.3) is 0 Å². The van der Waals surface area contributed by atoms with E-state index in [1.807, 2.05) is 0 Å². The van der Waals surface area contributed by atoms with E-state index in [-0.39, 0.29) is 5.03 Å². The molecule has 0 aromatic carbocycles. The van der Waals surface area contributed by atoms with E-state index in [4.69, 9.17) is 11.6 Å². The van der Waals surface area contributed by atoms with Crippen LogP contribution in [-0.2, 0) is 0 Å².